The monoisotopic (exact) mass is 195 g/mol. The number of aromatic hydroxyl groups is 1. The molecule has 1 N–H and O–H groups in total. The zero-order valence-corrected chi connectivity index (χ0v) is 7.20. The summed E-state index contributed by atoms with van der Waals surface area (Å²) in [6.07, 6.45) is 1.64. The normalized spacial score (nSPS) is 8.82. The molecule has 1 heterocycles. The summed E-state index contributed by atoms with van der Waals surface area (Å²) in [6.45, 7) is 2.44. The van der Waals surface area contributed by atoms with Gasteiger partial charge in [-0.05, 0) is 19.1 Å². The van der Waals surface area contributed by atoms with Gasteiger partial charge in [0.1, 0.15) is 0 Å². The van der Waals surface area contributed by atoms with Crippen molar-refractivity contribution in [3.63, 3.8) is 0 Å². The minimum atomic E-state index is -0.329. The Morgan fingerprint density at radius 3 is 2.73 bits per heavy atom. The molecule has 0 aromatic carbocycles. The van der Waals surface area contributed by atoms with Crippen LogP contribution in [-0.2, 0) is 23.6 Å². The van der Waals surface area contributed by atoms with Crippen molar-refractivity contribution in [3.8, 4) is 5.75 Å². The second-order valence-corrected chi connectivity index (χ2v) is 1.98. The molecule has 0 aliphatic heterocycles. The van der Waals surface area contributed by atoms with E-state index in [0.29, 0.717) is 6.54 Å². The molecule has 0 atom stereocenters. The topological polar surface area (TPSA) is 42.2 Å². The van der Waals surface area contributed by atoms with Gasteiger partial charge in [0.25, 0.3) is 5.56 Å². The first-order chi connectivity index (χ1) is 4.75. The van der Waals surface area contributed by atoms with Crippen LogP contribution in [0.15, 0.2) is 23.1 Å². The molecule has 11 heavy (non-hydrogen) atoms. The number of hydrogen-bond acceptors (Lipinski definition) is 2. The maximum absolute atomic E-state index is 10.9. The third kappa shape index (κ3) is 2.10. The Hall–Kier alpha value is -0.731. The fraction of sp³-hybridized carbons (Fsp3) is 0.286. The van der Waals surface area contributed by atoms with Gasteiger partial charge >= 0.3 is 0 Å². The van der Waals surface area contributed by atoms with Crippen molar-refractivity contribution >= 4 is 0 Å². The number of pyridine rings is 1. The van der Waals surface area contributed by atoms with Gasteiger partial charge in [-0.2, -0.15) is 0 Å². The molecule has 0 unspecified atom stereocenters. The van der Waals surface area contributed by atoms with Crippen molar-refractivity contribution in [1.29, 1.82) is 0 Å². The molecule has 4 heteroatoms. The summed E-state index contributed by atoms with van der Waals surface area (Å²) in [6, 6.07) is 3.02. The fourth-order valence-electron chi connectivity index (χ4n) is 0.773. The van der Waals surface area contributed by atoms with Gasteiger partial charge in [-0.3, -0.25) is 4.79 Å². The van der Waals surface area contributed by atoms with Crippen LogP contribution in [0.2, 0.25) is 0 Å². The summed E-state index contributed by atoms with van der Waals surface area (Å²) in [7, 11) is 0. The smallest absolute Gasteiger partial charge is 0.292 e. The van der Waals surface area contributed by atoms with Crippen molar-refractivity contribution in [3.05, 3.63) is 28.7 Å². The average Bonchev–Trinajstić information content (AvgIpc) is 1.95. The zero-order chi connectivity index (χ0) is 7.56. The van der Waals surface area contributed by atoms with Crippen LogP contribution in [0.4, 0.5) is 0 Å². The zero-order valence-electron chi connectivity index (χ0n) is 6.10. The van der Waals surface area contributed by atoms with E-state index in [2.05, 4.69) is 0 Å². The van der Waals surface area contributed by atoms with Crippen molar-refractivity contribution in [1.82, 2.24) is 4.57 Å². The van der Waals surface area contributed by atoms with Gasteiger partial charge in [-0.1, -0.05) is 0 Å². The molecule has 0 saturated heterocycles. The van der Waals surface area contributed by atoms with Crippen LogP contribution in [0.3, 0.4) is 0 Å². The Kier molecular flexibility index (Phi) is 3.93. The van der Waals surface area contributed by atoms with Gasteiger partial charge in [0.15, 0.2) is 5.75 Å². The van der Waals surface area contributed by atoms with Gasteiger partial charge < -0.3 is 9.67 Å². The van der Waals surface area contributed by atoms with E-state index in [-0.39, 0.29) is 28.4 Å². The number of rotatable bonds is 1. The average molecular weight is 195 g/mol. The molecular formula is C7H9FeNO2. The minimum absolute atomic E-state index is 0. The summed E-state index contributed by atoms with van der Waals surface area (Å²) >= 11 is 0. The Labute approximate surface area is 75.1 Å². The Bertz CT molecular complexity index is 282. The molecule has 0 aliphatic carbocycles. The van der Waals surface area contributed by atoms with Gasteiger partial charge in [0.05, 0.1) is 0 Å². The van der Waals surface area contributed by atoms with Gasteiger partial charge in [-0.15, -0.1) is 0 Å². The van der Waals surface area contributed by atoms with Crippen LogP contribution in [0, 0.1) is 0 Å². The third-order valence-electron chi connectivity index (χ3n) is 1.34. The number of aryl methyl sites for hydroxylation is 1. The van der Waals surface area contributed by atoms with E-state index in [1.165, 1.54) is 10.6 Å². The third-order valence-corrected chi connectivity index (χ3v) is 1.34. The van der Waals surface area contributed by atoms with Crippen LogP contribution in [0.1, 0.15) is 6.92 Å². The van der Waals surface area contributed by atoms with E-state index in [1.54, 1.807) is 12.3 Å². The maximum atomic E-state index is 10.9. The summed E-state index contributed by atoms with van der Waals surface area (Å²) in [5.74, 6) is -0.190. The predicted octanol–water partition coefficient (Wildman–Crippen LogP) is 0.571. The molecule has 0 amide bonds. The number of aromatic nitrogens is 1. The molecule has 0 saturated carbocycles. The number of nitrogens with zero attached hydrogens (tertiary/aromatic N) is 1. The van der Waals surface area contributed by atoms with E-state index >= 15 is 0 Å². The van der Waals surface area contributed by atoms with Crippen molar-refractivity contribution in [2.45, 2.75) is 13.5 Å². The molecule has 1 rings (SSSR count). The van der Waals surface area contributed by atoms with Crippen LogP contribution in [-0.4, -0.2) is 9.67 Å². The maximum Gasteiger partial charge on any atom is 0.292 e. The SMILES string of the molecule is CCn1cccc(O)c1=O.[Fe]. The van der Waals surface area contributed by atoms with E-state index in [9.17, 15) is 4.79 Å². The molecule has 0 aliphatic rings. The molecule has 0 spiro atoms. The van der Waals surface area contributed by atoms with Crippen LogP contribution in [0.25, 0.3) is 0 Å². The molecule has 1 aromatic heterocycles. The van der Waals surface area contributed by atoms with Crippen molar-refractivity contribution < 1.29 is 22.2 Å². The van der Waals surface area contributed by atoms with Crippen LogP contribution in [0.5, 0.6) is 5.75 Å². The minimum Gasteiger partial charge on any atom is -0.503 e. The second kappa shape index (κ2) is 4.21. The first-order valence-corrected chi connectivity index (χ1v) is 3.14. The van der Waals surface area contributed by atoms with E-state index in [4.69, 9.17) is 5.11 Å². The summed E-state index contributed by atoms with van der Waals surface area (Å²) in [5.41, 5.74) is -0.329. The fourth-order valence-corrected chi connectivity index (χ4v) is 0.773. The first-order valence-electron chi connectivity index (χ1n) is 3.14. The first kappa shape index (κ1) is 10.3. The Morgan fingerprint density at radius 1 is 1.64 bits per heavy atom. The molecular weight excluding hydrogens is 186 g/mol. The molecule has 0 radical (unpaired) electrons. The quantitative estimate of drug-likeness (QED) is 0.665. The standard InChI is InChI=1S/C7H9NO2.Fe/c1-2-8-5-3-4-6(9)7(8)10;/h3-5,9H,2H2,1H3;. The molecule has 0 bridgehead atoms. The van der Waals surface area contributed by atoms with Crippen LogP contribution >= 0.6 is 0 Å². The van der Waals surface area contributed by atoms with Gasteiger partial charge in [0, 0.05) is 29.8 Å². The predicted molar refractivity (Wildman–Crippen MR) is 38.0 cm³/mol. The summed E-state index contributed by atoms with van der Waals surface area (Å²) in [5, 5.41) is 8.90. The molecule has 0 fully saturated rings. The molecule has 3 nitrogen and oxygen atoms in total. The Balaban J connectivity index is 0.000001000. The van der Waals surface area contributed by atoms with E-state index in [1.807, 2.05) is 6.92 Å². The van der Waals surface area contributed by atoms with Crippen molar-refractivity contribution in [2.75, 3.05) is 0 Å². The number of hydrogen-bond donors (Lipinski definition) is 1. The van der Waals surface area contributed by atoms with Crippen LogP contribution < -0.4 is 5.56 Å². The van der Waals surface area contributed by atoms with Gasteiger partial charge in [-0.25, -0.2) is 0 Å². The summed E-state index contributed by atoms with van der Waals surface area (Å²) in [4.78, 5) is 10.9. The van der Waals surface area contributed by atoms with Gasteiger partial charge in [0.2, 0.25) is 0 Å². The van der Waals surface area contributed by atoms with Crippen molar-refractivity contribution in [2.24, 2.45) is 0 Å². The van der Waals surface area contributed by atoms with E-state index < -0.39 is 0 Å². The second-order valence-electron chi connectivity index (χ2n) is 1.98. The largest absolute Gasteiger partial charge is 0.503 e. The summed E-state index contributed by atoms with van der Waals surface area (Å²) < 4.78 is 1.44. The molecule has 62 valence electrons. The molecule has 1 aromatic rings. The Morgan fingerprint density at radius 2 is 2.27 bits per heavy atom. The van der Waals surface area contributed by atoms with E-state index in [0.717, 1.165) is 0 Å².